The number of likely N-dealkylation sites (tertiary alicyclic amines) is 1. The van der Waals surface area contributed by atoms with Crippen molar-refractivity contribution < 1.29 is 56.8 Å². The number of amides is 1. The highest BCUT2D eigenvalue weighted by Crippen LogP contribution is 2.52. The highest BCUT2D eigenvalue weighted by molar-refractivity contribution is 6.22. The Hall–Kier alpha value is -5.77. The molecule has 340 valence electrons. The number of aliphatic hydroxyl groups excluding tert-OH is 1. The van der Waals surface area contributed by atoms with Crippen LogP contribution in [0.15, 0.2) is 63.6 Å². The van der Waals surface area contributed by atoms with Gasteiger partial charge in [0.15, 0.2) is 17.4 Å². The van der Waals surface area contributed by atoms with Gasteiger partial charge in [-0.1, -0.05) is 39.0 Å². The van der Waals surface area contributed by atoms with Crippen LogP contribution in [0.2, 0.25) is 0 Å². The minimum absolute atomic E-state index is 0.0183. The smallest absolute Gasteiger partial charge is 0.312 e. The largest absolute Gasteiger partial charge is 0.487 e. The highest BCUT2D eigenvalue weighted by atomic mass is 16.7. The third-order valence-electron chi connectivity index (χ3n) is 13.6. The molecule has 15 heteroatoms. The number of anilines is 1. The number of allylic oxidation sites excluding steroid dienone is 3. The van der Waals surface area contributed by atoms with Gasteiger partial charge in [0, 0.05) is 62.3 Å². The van der Waals surface area contributed by atoms with Crippen molar-refractivity contribution in [1.82, 2.24) is 4.98 Å². The first kappa shape index (κ1) is 44.8. The van der Waals surface area contributed by atoms with E-state index in [0.717, 1.165) is 23.9 Å². The molecule has 1 aliphatic carbocycles. The first-order valence-corrected chi connectivity index (χ1v) is 22.0. The number of aliphatic hydroxyl groups is 1. The van der Waals surface area contributed by atoms with Crippen molar-refractivity contribution in [1.29, 1.82) is 0 Å². The zero-order chi connectivity index (χ0) is 46.0. The van der Waals surface area contributed by atoms with Crippen LogP contribution in [0.3, 0.4) is 0 Å². The third kappa shape index (κ3) is 7.91. The zero-order valence-electron chi connectivity index (χ0n) is 38.1. The van der Waals surface area contributed by atoms with Crippen molar-refractivity contribution in [2.75, 3.05) is 39.7 Å². The molecule has 4 unspecified atom stereocenters. The van der Waals surface area contributed by atoms with E-state index >= 15 is 4.79 Å². The van der Waals surface area contributed by atoms with Crippen LogP contribution in [0.4, 0.5) is 5.69 Å². The number of nitrogens with one attached hydrogen (secondary N) is 1. The summed E-state index contributed by atoms with van der Waals surface area (Å²) in [6, 6.07) is 5.52. The molecule has 2 aromatic rings. The van der Waals surface area contributed by atoms with Crippen LogP contribution in [0.5, 0.6) is 17.2 Å². The van der Waals surface area contributed by atoms with Crippen LogP contribution in [0.25, 0.3) is 33.3 Å². The second-order valence-electron chi connectivity index (χ2n) is 18.7. The number of Topliss-reactive ketones (excluding diaryl/α,β-unsaturated/α-hetero) is 1. The van der Waals surface area contributed by atoms with E-state index in [1.54, 1.807) is 57.2 Å². The summed E-state index contributed by atoms with van der Waals surface area (Å²) in [6.45, 7) is 13.2. The lowest BCUT2D eigenvalue weighted by molar-refractivity contribution is -0.902. The quantitative estimate of drug-likeness (QED) is 0.0905. The van der Waals surface area contributed by atoms with Crippen molar-refractivity contribution in [3.63, 3.8) is 0 Å². The van der Waals surface area contributed by atoms with E-state index in [9.17, 15) is 19.5 Å². The number of rotatable bonds is 5. The molecule has 9 atom stereocenters. The minimum atomic E-state index is -1.94. The molecule has 0 spiro atoms. The Morgan fingerprint density at radius 2 is 1.84 bits per heavy atom. The fraction of sp³-hybridized carbons (Fsp3) is 0.490. The van der Waals surface area contributed by atoms with E-state index in [0.29, 0.717) is 35.9 Å². The standard InChI is InChI=1S/C49H57N3O12/c1-24-13-11-14-25(2)48(57)51-39-41(55)36-35(38-45(39)62-34-22-31(16-17-32(34)50-38)59-23-30-15-12-19-52(30,8)9)37-43-28(5)42(36)63-46(40(54)26(3)21-24)44(61-29(6)53)27(4)33(58-10)18-20-60-49(7,64-43)47(37)56/h11,13-14,16-18,20,22,24,26-27,30,33,40,44,46,54H,12,15,19,21,23H2,1-10H3/p+1/b13-11+,20-18+,25-14-/t24?,26-,27-,30?,33+,40-,44?,46?,49+/m1/s1. The molecule has 1 amide bonds. The number of ketones is 1. The number of nitrogens with zero attached hydrogens (tertiary/aromatic N) is 2. The number of fused-ring (bicyclic) bond motifs is 8. The lowest BCUT2D eigenvalue weighted by Crippen LogP contribution is -2.52. The second kappa shape index (κ2) is 17.0. The number of esters is 1. The van der Waals surface area contributed by atoms with Gasteiger partial charge in [0.1, 0.15) is 52.9 Å². The molecule has 0 radical (unpaired) electrons. The Balaban J connectivity index is 1.45. The van der Waals surface area contributed by atoms with Crippen molar-refractivity contribution in [2.45, 2.75) is 104 Å². The molecule has 15 nitrogen and oxygen atoms in total. The molecular formula is C49H58N3O12+. The predicted molar refractivity (Wildman–Crippen MR) is 239 cm³/mol. The van der Waals surface area contributed by atoms with E-state index in [2.05, 4.69) is 19.4 Å². The number of benzene rings is 3. The van der Waals surface area contributed by atoms with Crippen molar-refractivity contribution in [3.8, 4) is 28.7 Å². The summed E-state index contributed by atoms with van der Waals surface area (Å²) in [5.41, 5.74) is 0.146. The number of hydrogen-bond acceptors (Lipinski definition) is 13. The van der Waals surface area contributed by atoms with E-state index in [1.165, 1.54) is 27.2 Å². The number of likely N-dealkylation sites (N-methyl/N-ethyl adjacent to an activating group) is 1. The summed E-state index contributed by atoms with van der Waals surface area (Å²) in [5, 5.41) is 15.2. The fourth-order valence-corrected chi connectivity index (χ4v) is 9.67. The summed E-state index contributed by atoms with van der Waals surface area (Å²) in [7, 11) is 5.86. The number of methoxy groups -OCH3 is 1. The Labute approximate surface area is 371 Å². The van der Waals surface area contributed by atoms with Gasteiger partial charge in [-0.3, -0.25) is 19.2 Å². The monoisotopic (exact) mass is 880 g/mol. The molecule has 8 rings (SSSR count). The van der Waals surface area contributed by atoms with Crippen LogP contribution in [-0.4, -0.2) is 103 Å². The number of ether oxygens (including phenoxy) is 6. The first-order valence-electron chi connectivity index (χ1n) is 22.0. The summed E-state index contributed by atoms with van der Waals surface area (Å²) >= 11 is 0. The Morgan fingerprint density at radius 1 is 1.08 bits per heavy atom. The molecule has 6 bridgehead atoms. The van der Waals surface area contributed by atoms with Crippen LogP contribution in [0, 0.1) is 24.7 Å². The third-order valence-corrected chi connectivity index (χ3v) is 13.6. The van der Waals surface area contributed by atoms with E-state index in [-0.39, 0.29) is 62.0 Å². The molecular weight excluding hydrogens is 823 g/mol. The van der Waals surface area contributed by atoms with E-state index in [1.807, 2.05) is 19.9 Å². The van der Waals surface area contributed by atoms with Gasteiger partial charge >= 0.3 is 11.8 Å². The number of quaternary nitrogens is 1. The van der Waals surface area contributed by atoms with Gasteiger partial charge in [-0.05, 0) is 50.3 Å². The number of aromatic nitrogens is 1. The maximum absolute atomic E-state index is 15.5. The van der Waals surface area contributed by atoms with Gasteiger partial charge in [-0.2, -0.15) is 0 Å². The number of carbonyl (C=O) groups excluding carboxylic acids is 3. The van der Waals surface area contributed by atoms with Gasteiger partial charge in [0.25, 0.3) is 11.7 Å². The maximum Gasteiger partial charge on any atom is 0.312 e. The summed E-state index contributed by atoms with van der Waals surface area (Å²) in [5.74, 6) is -4.64. The Morgan fingerprint density at radius 3 is 2.55 bits per heavy atom. The molecule has 0 saturated carbocycles. The average Bonchev–Trinajstić information content (AvgIpc) is 3.73. The van der Waals surface area contributed by atoms with Crippen LogP contribution < -0.4 is 25.0 Å². The lowest BCUT2D eigenvalue weighted by atomic mass is 9.83. The molecule has 0 aromatic heterocycles. The van der Waals surface area contributed by atoms with Gasteiger partial charge < -0.3 is 47.7 Å². The molecule has 1 fully saturated rings. The Kier molecular flexibility index (Phi) is 11.9. The van der Waals surface area contributed by atoms with Crippen molar-refractivity contribution in [3.05, 3.63) is 75.7 Å². The average molecular weight is 881 g/mol. The minimum Gasteiger partial charge on any atom is -0.487 e. The molecule has 5 heterocycles. The highest BCUT2D eigenvalue weighted by Gasteiger charge is 2.51. The fourth-order valence-electron chi connectivity index (χ4n) is 9.67. The molecule has 2 aromatic carbocycles. The van der Waals surface area contributed by atoms with Gasteiger partial charge in [-0.15, -0.1) is 0 Å². The number of carbonyl (C=O) groups is 3. The molecule has 2 N–H and O–H groups in total. The molecule has 1 saturated heterocycles. The zero-order valence-corrected chi connectivity index (χ0v) is 38.1. The maximum atomic E-state index is 15.5. The summed E-state index contributed by atoms with van der Waals surface area (Å²) in [4.78, 5) is 62.5. The number of hydrogen-bond donors (Lipinski definition) is 2. The van der Waals surface area contributed by atoms with Crippen LogP contribution in [0.1, 0.15) is 76.7 Å². The molecule has 6 aliphatic rings. The molecule has 64 heavy (non-hydrogen) atoms. The Bertz CT molecular complexity index is 2660. The van der Waals surface area contributed by atoms with E-state index < -0.39 is 65.1 Å². The van der Waals surface area contributed by atoms with Gasteiger partial charge in [-0.25, -0.2) is 4.98 Å². The van der Waals surface area contributed by atoms with Gasteiger partial charge in [0.2, 0.25) is 5.43 Å². The van der Waals surface area contributed by atoms with E-state index in [4.69, 9.17) is 37.8 Å². The second-order valence-corrected chi connectivity index (χ2v) is 18.7. The lowest BCUT2D eigenvalue weighted by Gasteiger charge is -2.38. The normalized spacial score (nSPS) is 31.1. The summed E-state index contributed by atoms with van der Waals surface area (Å²) < 4.78 is 45.3. The summed E-state index contributed by atoms with van der Waals surface area (Å²) in [6.07, 6.45) is 6.22. The van der Waals surface area contributed by atoms with Crippen molar-refractivity contribution in [2.24, 2.45) is 17.8 Å². The van der Waals surface area contributed by atoms with Crippen LogP contribution in [-0.2, 0) is 23.8 Å². The van der Waals surface area contributed by atoms with Crippen molar-refractivity contribution >= 4 is 45.2 Å². The molecule has 5 aliphatic heterocycles. The SMILES string of the molecule is CO[C@H]1/C=C/O[C@@]2(C)Oc3c(C)c4c5c(=O)c(c6oc7cc(OCC8CCC[N+]8(C)C)ccc7nc-6c5c3C2=O)NC(=O)/C(C)=C\C=C\C(C)C[C@@H](C)[C@@H](O)C(O4)C(OC(C)=O)[C@@H]1C. The van der Waals surface area contributed by atoms with Gasteiger partial charge in [0.05, 0.1) is 50.1 Å². The predicted octanol–water partition coefficient (Wildman–Crippen LogP) is 7.02. The first-order chi connectivity index (χ1) is 30.3. The topological polar surface area (TPSA) is 182 Å². The van der Waals surface area contributed by atoms with Crippen LogP contribution >= 0.6 is 0 Å².